The van der Waals surface area contributed by atoms with E-state index in [0.717, 1.165) is 16.2 Å². The molecule has 3 rings (SSSR count). The highest BCUT2D eigenvalue weighted by atomic mass is 32.2. The molecule has 0 aliphatic rings. The normalized spacial score (nSPS) is 11.9. The Bertz CT molecular complexity index is 1180. The number of fused-ring (bicyclic) bond motifs is 1. The molecule has 0 aliphatic carbocycles. The van der Waals surface area contributed by atoms with Crippen LogP contribution >= 0.6 is 11.3 Å². The number of amides is 1. The quantitative estimate of drug-likeness (QED) is 0.630. The van der Waals surface area contributed by atoms with Crippen molar-refractivity contribution in [2.45, 2.75) is 31.0 Å². The monoisotopic (exact) mass is 406 g/mol. The van der Waals surface area contributed by atoms with Gasteiger partial charge in [0.2, 0.25) is 0 Å². The van der Waals surface area contributed by atoms with Crippen molar-refractivity contribution in [3.63, 3.8) is 0 Å². The number of rotatable bonds is 5. The largest absolute Gasteiger partial charge is 0.287 e. The Labute approximate surface area is 159 Å². The smallest absolute Gasteiger partial charge is 0.272 e. The Balaban J connectivity index is 1.96. The molecule has 1 aromatic carbocycles. The van der Waals surface area contributed by atoms with Gasteiger partial charge in [-0.25, -0.2) is 13.1 Å². The van der Waals surface area contributed by atoms with E-state index < -0.39 is 15.9 Å². The predicted octanol–water partition coefficient (Wildman–Crippen LogP) is 1.97. The number of hydrogen-bond donors (Lipinski definition) is 2. The maximum Gasteiger partial charge on any atom is 0.287 e. The van der Waals surface area contributed by atoms with E-state index in [0.29, 0.717) is 10.8 Å². The number of nitrogens with one attached hydrogen (secondary N) is 2. The Morgan fingerprint density at radius 2 is 1.81 bits per heavy atom. The van der Waals surface area contributed by atoms with E-state index in [1.54, 1.807) is 51.1 Å². The van der Waals surface area contributed by atoms with Gasteiger partial charge in [0.15, 0.2) is 5.69 Å². The molecule has 0 saturated carbocycles. The lowest BCUT2D eigenvalue weighted by atomic mass is 10.1. The molecule has 0 spiro atoms. The van der Waals surface area contributed by atoms with Crippen LogP contribution in [0, 0.1) is 6.92 Å². The molecule has 2 heterocycles. The molecule has 10 heteroatoms. The molecule has 0 aliphatic heterocycles. The maximum atomic E-state index is 12.6. The van der Waals surface area contributed by atoms with E-state index in [1.165, 1.54) is 10.7 Å². The van der Waals surface area contributed by atoms with Gasteiger partial charge < -0.3 is 0 Å². The third-order valence-electron chi connectivity index (χ3n) is 3.81. The molecule has 0 fully saturated rings. The van der Waals surface area contributed by atoms with Crippen LogP contribution in [0.2, 0.25) is 0 Å². The molecule has 3 aromatic rings. The number of aromatic nitrogens is 2. The van der Waals surface area contributed by atoms with Crippen molar-refractivity contribution in [3.8, 4) is 0 Å². The topological polar surface area (TPSA) is 110 Å². The van der Waals surface area contributed by atoms with Crippen molar-refractivity contribution in [2.75, 3.05) is 0 Å². The van der Waals surface area contributed by atoms with Crippen LogP contribution in [-0.4, -0.2) is 24.1 Å². The molecule has 1 amide bonds. The van der Waals surface area contributed by atoms with E-state index in [4.69, 9.17) is 0 Å². The number of hydrogen-bond acceptors (Lipinski definition) is 6. The summed E-state index contributed by atoms with van der Waals surface area (Å²) in [6.07, 6.45) is 0. The molecule has 2 aromatic heterocycles. The standard InChI is InChI=1S/C17H18N4O4S2/c1-10(2)21-17(23)13-7-5-4-6-12(13)15(19-21)16(22)18-20-27(24,25)14-9-8-11(3)26-14/h4-10,20H,1-3H3,(H,18,22). The number of thiophene rings is 1. The van der Waals surface area contributed by atoms with Crippen LogP contribution in [0.15, 0.2) is 45.4 Å². The van der Waals surface area contributed by atoms with Crippen molar-refractivity contribution in [1.82, 2.24) is 20.0 Å². The summed E-state index contributed by atoms with van der Waals surface area (Å²) >= 11 is 1.09. The van der Waals surface area contributed by atoms with Gasteiger partial charge in [-0.3, -0.25) is 15.0 Å². The second kappa shape index (κ2) is 7.22. The molecular formula is C17H18N4O4S2. The fourth-order valence-electron chi connectivity index (χ4n) is 2.50. The number of benzene rings is 1. The molecule has 0 bridgehead atoms. The second-order valence-corrected chi connectivity index (χ2v) is 9.36. The summed E-state index contributed by atoms with van der Waals surface area (Å²) in [4.78, 5) is 28.0. The van der Waals surface area contributed by atoms with Crippen LogP contribution in [0.4, 0.5) is 0 Å². The fraction of sp³-hybridized carbons (Fsp3) is 0.235. The summed E-state index contributed by atoms with van der Waals surface area (Å²) in [5, 5.41) is 4.82. The van der Waals surface area contributed by atoms with Crippen molar-refractivity contribution >= 4 is 38.0 Å². The molecule has 2 N–H and O–H groups in total. The number of carbonyl (C=O) groups excluding carboxylic acids is 1. The van der Waals surface area contributed by atoms with Crippen molar-refractivity contribution in [1.29, 1.82) is 0 Å². The zero-order valence-electron chi connectivity index (χ0n) is 14.9. The van der Waals surface area contributed by atoms with E-state index in [-0.39, 0.29) is 21.5 Å². The first-order valence-corrected chi connectivity index (χ1v) is 10.4. The molecular weight excluding hydrogens is 388 g/mol. The minimum absolute atomic E-state index is 0.0380. The molecule has 27 heavy (non-hydrogen) atoms. The molecule has 8 nitrogen and oxygen atoms in total. The number of hydrazine groups is 1. The Morgan fingerprint density at radius 3 is 2.41 bits per heavy atom. The SMILES string of the molecule is Cc1ccc(S(=O)(=O)NNC(=O)c2nn(C(C)C)c(=O)c3ccccc23)s1. The highest BCUT2D eigenvalue weighted by molar-refractivity contribution is 7.91. The summed E-state index contributed by atoms with van der Waals surface area (Å²) in [7, 11) is -3.89. The van der Waals surface area contributed by atoms with E-state index in [1.807, 2.05) is 0 Å². The molecule has 0 atom stereocenters. The molecule has 0 radical (unpaired) electrons. The second-order valence-electron chi connectivity index (χ2n) is 6.16. The number of sulfonamides is 1. The van der Waals surface area contributed by atoms with Gasteiger partial charge in [0.25, 0.3) is 21.5 Å². The number of nitrogens with zero attached hydrogens (tertiary/aromatic N) is 2. The number of aryl methyl sites for hydroxylation is 1. The van der Waals surface area contributed by atoms with Gasteiger partial charge in [0.05, 0.1) is 11.4 Å². The van der Waals surface area contributed by atoms with Gasteiger partial charge in [-0.2, -0.15) is 5.10 Å². The minimum Gasteiger partial charge on any atom is -0.272 e. The van der Waals surface area contributed by atoms with Gasteiger partial charge in [-0.15, -0.1) is 16.2 Å². The van der Waals surface area contributed by atoms with Crippen molar-refractivity contribution in [2.24, 2.45) is 0 Å². The molecule has 0 saturated heterocycles. The van der Waals surface area contributed by atoms with Gasteiger partial charge in [-0.05, 0) is 39.0 Å². The number of carbonyl (C=O) groups is 1. The third-order valence-corrected chi connectivity index (χ3v) is 6.55. The minimum atomic E-state index is -3.89. The van der Waals surface area contributed by atoms with Crippen LogP contribution in [-0.2, 0) is 10.0 Å². The van der Waals surface area contributed by atoms with Crippen LogP contribution in [0.1, 0.15) is 35.3 Å². The Morgan fingerprint density at radius 1 is 1.15 bits per heavy atom. The average molecular weight is 406 g/mol. The van der Waals surface area contributed by atoms with E-state index >= 15 is 0 Å². The first kappa shape index (κ1) is 19.2. The first-order valence-electron chi connectivity index (χ1n) is 8.11. The van der Waals surface area contributed by atoms with E-state index in [9.17, 15) is 18.0 Å². The molecule has 0 unspecified atom stereocenters. The lowest BCUT2D eigenvalue weighted by Gasteiger charge is -2.13. The van der Waals surface area contributed by atoms with Crippen LogP contribution in [0.5, 0.6) is 0 Å². The zero-order chi connectivity index (χ0) is 19.8. The highest BCUT2D eigenvalue weighted by Gasteiger charge is 2.21. The summed E-state index contributed by atoms with van der Waals surface area (Å²) in [6.45, 7) is 5.33. The van der Waals surface area contributed by atoms with Gasteiger partial charge in [0, 0.05) is 10.3 Å². The predicted molar refractivity (Wildman–Crippen MR) is 103 cm³/mol. The van der Waals surface area contributed by atoms with Gasteiger partial charge in [0.1, 0.15) is 4.21 Å². The lowest BCUT2D eigenvalue weighted by Crippen LogP contribution is -2.42. The van der Waals surface area contributed by atoms with Crippen LogP contribution in [0.25, 0.3) is 10.8 Å². The average Bonchev–Trinajstić information content (AvgIpc) is 3.07. The van der Waals surface area contributed by atoms with Crippen LogP contribution in [0.3, 0.4) is 0 Å². The summed E-state index contributed by atoms with van der Waals surface area (Å²) in [5.74, 6) is -0.752. The van der Waals surface area contributed by atoms with E-state index in [2.05, 4.69) is 15.4 Å². The Kier molecular flexibility index (Phi) is 5.13. The van der Waals surface area contributed by atoms with Crippen molar-refractivity contribution < 1.29 is 13.2 Å². The summed E-state index contributed by atoms with van der Waals surface area (Å²) in [5.41, 5.74) is 1.83. The highest BCUT2D eigenvalue weighted by Crippen LogP contribution is 2.20. The van der Waals surface area contributed by atoms with Gasteiger partial charge in [-0.1, -0.05) is 18.2 Å². The van der Waals surface area contributed by atoms with Crippen molar-refractivity contribution in [3.05, 3.63) is 57.3 Å². The molecule has 142 valence electrons. The Hall–Kier alpha value is -2.56. The van der Waals surface area contributed by atoms with Gasteiger partial charge >= 0.3 is 0 Å². The van der Waals surface area contributed by atoms with Crippen LogP contribution < -0.4 is 15.8 Å². The zero-order valence-corrected chi connectivity index (χ0v) is 16.5. The first-order chi connectivity index (χ1) is 12.7. The lowest BCUT2D eigenvalue weighted by molar-refractivity contribution is 0.0939. The summed E-state index contributed by atoms with van der Waals surface area (Å²) in [6, 6.07) is 9.44. The third kappa shape index (κ3) is 3.77. The summed E-state index contributed by atoms with van der Waals surface area (Å²) < 4.78 is 25.9. The maximum absolute atomic E-state index is 12.6. The fourth-order valence-corrected chi connectivity index (χ4v) is 4.63.